The molecule has 7 nitrogen and oxygen atoms in total. The molecule has 25 heavy (non-hydrogen) atoms. The molecule has 0 aromatic carbocycles. The summed E-state index contributed by atoms with van der Waals surface area (Å²) in [5.41, 5.74) is 2.55. The molecule has 8 heteroatoms. The topological polar surface area (TPSA) is 61.0 Å². The molecule has 0 radical (unpaired) electrons. The van der Waals surface area contributed by atoms with E-state index in [9.17, 15) is 4.39 Å². The van der Waals surface area contributed by atoms with Gasteiger partial charge in [0.1, 0.15) is 35.8 Å². The maximum Gasteiger partial charge on any atom is 0.257 e. The molecule has 0 amide bonds. The van der Waals surface area contributed by atoms with Crippen LogP contribution < -0.4 is 4.74 Å². The van der Waals surface area contributed by atoms with Crippen LogP contribution in [0.25, 0.3) is 22.1 Å². The Balaban J connectivity index is 1.54. The number of hydrogen-bond acceptors (Lipinski definition) is 5. The Morgan fingerprint density at radius 1 is 1.36 bits per heavy atom. The van der Waals surface area contributed by atoms with Gasteiger partial charge in [-0.15, -0.1) is 5.10 Å². The monoisotopic (exact) mass is 344 g/mol. The summed E-state index contributed by atoms with van der Waals surface area (Å²) in [6.45, 7) is 1.97. The summed E-state index contributed by atoms with van der Waals surface area (Å²) >= 11 is 0. The molecule has 5 heterocycles. The van der Waals surface area contributed by atoms with Gasteiger partial charge in [-0.3, -0.25) is 9.58 Å². The zero-order chi connectivity index (χ0) is 17.2. The van der Waals surface area contributed by atoms with Crippen molar-refractivity contribution >= 4 is 22.1 Å². The third kappa shape index (κ3) is 2.03. The molecule has 0 saturated carbocycles. The maximum atomic E-state index is 13.9. The summed E-state index contributed by atoms with van der Waals surface area (Å²) in [5, 5.41) is 5.51. The Hall–Kier alpha value is -2.22. The van der Waals surface area contributed by atoms with Crippen molar-refractivity contribution in [3.8, 4) is 5.88 Å². The van der Waals surface area contributed by atoms with Crippen molar-refractivity contribution in [2.75, 3.05) is 19.7 Å². The quantitative estimate of drug-likeness (QED) is 0.725. The van der Waals surface area contributed by atoms with E-state index in [-0.39, 0.29) is 5.54 Å². The molecule has 0 spiro atoms. The summed E-state index contributed by atoms with van der Waals surface area (Å²) in [7, 11) is 3.86. The van der Waals surface area contributed by atoms with Crippen molar-refractivity contribution in [1.29, 1.82) is 0 Å². The van der Waals surface area contributed by atoms with Gasteiger partial charge < -0.3 is 9.30 Å². The van der Waals surface area contributed by atoms with Crippen LogP contribution in [-0.2, 0) is 14.1 Å². The zero-order valence-electron chi connectivity index (χ0n) is 14.4. The van der Waals surface area contributed by atoms with Gasteiger partial charge >= 0.3 is 0 Å². The number of halogens is 1. The molecule has 3 aromatic rings. The van der Waals surface area contributed by atoms with Gasteiger partial charge in [0.15, 0.2) is 0 Å². The van der Waals surface area contributed by atoms with E-state index in [0.29, 0.717) is 25.5 Å². The molecule has 0 bridgehead atoms. The minimum atomic E-state index is -0.749. The van der Waals surface area contributed by atoms with Gasteiger partial charge in [-0.05, 0) is 19.4 Å². The van der Waals surface area contributed by atoms with Crippen molar-refractivity contribution in [2.45, 2.75) is 31.0 Å². The van der Waals surface area contributed by atoms with Crippen molar-refractivity contribution in [1.82, 2.24) is 29.2 Å². The van der Waals surface area contributed by atoms with E-state index in [1.807, 2.05) is 23.3 Å². The molecule has 0 N–H and O–H groups in total. The fourth-order valence-electron chi connectivity index (χ4n) is 4.70. The molecule has 2 fully saturated rings. The summed E-state index contributed by atoms with van der Waals surface area (Å²) in [6, 6.07) is 0. The molecule has 0 unspecified atom stereocenters. The predicted molar refractivity (Wildman–Crippen MR) is 91.3 cm³/mol. The SMILES string of the molecule is Cn1nc(OC[C@@]23CCCN2C[C@H](F)C3)c2c1c1cncnc1n2C. The molecule has 2 aliphatic heterocycles. The first-order valence-electron chi connectivity index (χ1n) is 8.72. The number of aryl methyl sites for hydroxylation is 2. The van der Waals surface area contributed by atoms with Crippen LogP contribution in [0.1, 0.15) is 19.3 Å². The molecule has 2 aliphatic rings. The lowest BCUT2D eigenvalue weighted by Crippen LogP contribution is -2.43. The second kappa shape index (κ2) is 5.14. The van der Waals surface area contributed by atoms with E-state index < -0.39 is 6.17 Å². The average Bonchev–Trinajstić information content (AvgIpc) is 3.28. The third-order valence-electron chi connectivity index (χ3n) is 5.83. The first-order chi connectivity index (χ1) is 12.1. The highest BCUT2D eigenvalue weighted by Crippen LogP contribution is 2.41. The van der Waals surface area contributed by atoms with Crippen molar-refractivity contribution < 1.29 is 9.13 Å². The highest BCUT2D eigenvalue weighted by atomic mass is 19.1. The largest absolute Gasteiger partial charge is 0.473 e. The van der Waals surface area contributed by atoms with Crippen LogP contribution >= 0.6 is 0 Å². The Labute approximate surface area is 144 Å². The summed E-state index contributed by atoms with van der Waals surface area (Å²) < 4.78 is 23.9. The number of ether oxygens (including phenoxy) is 1. The predicted octanol–water partition coefficient (Wildman–Crippen LogP) is 1.81. The van der Waals surface area contributed by atoms with Crippen LogP contribution in [0.15, 0.2) is 12.5 Å². The van der Waals surface area contributed by atoms with Gasteiger partial charge in [0, 0.05) is 33.3 Å². The number of hydrogen-bond donors (Lipinski definition) is 0. The van der Waals surface area contributed by atoms with Crippen LogP contribution in [0.3, 0.4) is 0 Å². The number of fused-ring (bicyclic) bond motifs is 4. The number of alkyl halides is 1. The van der Waals surface area contributed by atoms with E-state index in [4.69, 9.17) is 4.74 Å². The van der Waals surface area contributed by atoms with Gasteiger partial charge in [-0.2, -0.15) is 0 Å². The van der Waals surface area contributed by atoms with E-state index >= 15 is 0 Å². The van der Waals surface area contributed by atoms with Crippen LogP contribution in [0.2, 0.25) is 0 Å². The lowest BCUT2D eigenvalue weighted by atomic mass is 9.95. The van der Waals surface area contributed by atoms with Crippen LogP contribution in [-0.4, -0.2) is 60.6 Å². The van der Waals surface area contributed by atoms with Gasteiger partial charge in [-0.25, -0.2) is 14.4 Å². The third-order valence-corrected chi connectivity index (χ3v) is 5.83. The summed E-state index contributed by atoms with van der Waals surface area (Å²) in [6.07, 6.45) is 5.26. The molecular formula is C17H21FN6O. The van der Waals surface area contributed by atoms with E-state index in [2.05, 4.69) is 20.0 Å². The van der Waals surface area contributed by atoms with Gasteiger partial charge in [0.2, 0.25) is 0 Å². The van der Waals surface area contributed by atoms with E-state index in [1.165, 1.54) is 0 Å². The summed E-state index contributed by atoms with van der Waals surface area (Å²) in [5.74, 6) is 0.585. The van der Waals surface area contributed by atoms with Crippen molar-refractivity contribution in [3.63, 3.8) is 0 Å². The minimum absolute atomic E-state index is 0.173. The molecule has 132 valence electrons. The Morgan fingerprint density at radius 2 is 2.24 bits per heavy atom. The number of nitrogens with zero attached hydrogens (tertiary/aromatic N) is 6. The molecule has 3 aromatic heterocycles. The molecule has 2 saturated heterocycles. The average molecular weight is 344 g/mol. The zero-order valence-corrected chi connectivity index (χ0v) is 14.4. The highest BCUT2D eigenvalue weighted by Gasteiger charge is 2.49. The Bertz CT molecular complexity index is 965. The number of rotatable bonds is 3. The Kier molecular flexibility index (Phi) is 3.10. The molecule has 2 atom stereocenters. The smallest absolute Gasteiger partial charge is 0.257 e. The van der Waals surface area contributed by atoms with Gasteiger partial charge in [0.25, 0.3) is 5.88 Å². The summed E-state index contributed by atoms with van der Waals surface area (Å²) in [4.78, 5) is 10.8. The highest BCUT2D eigenvalue weighted by molar-refractivity contribution is 6.06. The fraction of sp³-hybridized carbons (Fsp3) is 0.588. The standard InChI is InChI=1S/C17H21FN6O/c1-22-14-13(12-7-19-10-20-15(12)22)23(2)21-16(14)25-9-17-4-3-5-24(17)8-11(18)6-17/h7,10-11H,3-6,8-9H2,1-2H3/t11-,17+/m1/s1. The normalized spacial score (nSPS) is 26.8. The first-order valence-corrected chi connectivity index (χ1v) is 8.72. The van der Waals surface area contributed by atoms with Crippen LogP contribution in [0, 0.1) is 0 Å². The molecule has 0 aliphatic carbocycles. The van der Waals surface area contributed by atoms with E-state index in [1.54, 1.807) is 12.5 Å². The van der Waals surface area contributed by atoms with Crippen molar-refractivity contribution in [2.24, 2.45) is 14.1 Å². The van der Waals surface area contributed by atoms with E-state index in [0.717, 1.165) is 41.5 Å². The maximum absolute atomic E-state index is 13.9. The van der Waals surface area contributed by atoms with Crippen molar-refractivity contribution in [3.05, 3.63) is 12.5 Å². The van der Waals surface area contributed by atoms with Gasteiger partial charge in [0.05, 0.1) is 10.9 Å². The number of aromatic nitrogens is 5. The van der Waals surface area contributed by atoms with Crippen LogP contribution in [0.5, 0.6) is 5.88 Å². The second-order valence-electron chi connectivity index (χ2n) is 7.31. The van der Waals surface area contributed by atoms with Crippen LogP contribution in [0.4, 0.5) is 4.39 Å². The molecular weight excluding hydrogens is 323 g/mol. The van der Waals surface area contributed by atoms with Gasteiger partial charge in [-0.1, -0.05) is 0 Å². The molecule has 5 rings (SSSR count). The second-order valence-corrected chi connectivity index (χ2v) is 7.31. The first kappa shape index (κ1) is 15.1. The lowest BCUT2D eigenvalue weighted by molar-refractivity contribution is 0.111. The minimum Gasteiger partial charge on any atom is -0.473 e. The lowest BCUT2D eigenvalue weighted by Gasteiger charge is -2.30. The Morgan fingerprint density at radius 3 is 3.12 bits per heavy atom. The fourth-order valence-corrected chi connectivity index (χ4v) is 4.70.